The lowest BCUT2D eigenvalue weighted by atomic mass is 10.0. The number of rotatable bonds is 15. The molecule has 13 nitrogen and oxygen atoms in total. The molecule has 3 amide bonds. The molecule has 0 spiro atoms. The van der Waals surface area contributed by atoms with Crippen molar-refractivity contribution >= 4 is 29.7 Å². The number of imidazole rings is 1. The molecule has 0 bridgehead atoms. The van der Waals surface area contributed by atoms with Gasteiger partial charge in [0, 0.05) is 24.7 Å². The molecule has 1 aromatic heterocycles. The molecule has 0 radical (unpaired) electrons. The Morgan fingerprint density at radius 3 is 2.06 bits per heavy atom. The molecule has 0 aliphatic carbocycles. The maximum Gasteiger partial charge on any atom is 0.326 e. The molecule has 4 atom stereocenters. The lowest BCUT2D eigenvalue weighted by Crippen LogP contribution is -2.58. The van der Waals surface area contributed by atoms with Crippen LogP contribution in [-0.2, 0) is 30.4 Å². The van der Waals surface area contributed by atoms with Crippen molar-refractivity contribution in [1.82, 2.24) is 25.9 Å². The summed E-state index contributed by atoms with van der Waals surface area (Å²) in [5.41, 5.74) is 6.29. The van der Waals surface area contributed by atoms with Crippen LogP contribution in [0.4, 0.5) is 0 Å². The van der Waals surface area contributed by atoms with Crippen LogP contribution in [-0.4, -0.2) is 74.0 Å². The van der Waals surface area contributed by atoms with Gasteiger partial charge in [0.15, 0.2) is 0 Å². The van der Waals surface area contributed by atoms with Crippen LogP contribution in [0.3, 0.4) is 0 Å². The number of carbonyl (C=O) groups is 5. The predicted octanol–water partition coefficient (Wildman–Crippen LogP) is -0.615. The molecule has 8 N–H and O–H groups in total. The average Bonchev–Trinajstić information content (AvgIpc) is 3.26. The fourth-order valence-electron chi connectivity index (χ4n) is 3.26. The normalized spacial score (nSPS) is 14.6. The molecule has 1 heterocycles. The molecule has 196 valence electrons. The second-order valence-corrected chi connectivity index (χ2v) is 9.14. The number of hydrogen-bond donors (Lipinski definition) is 7. The van der Waals surface area contributed by atoms with Crippen molar-refractivity contribution in [2.75, 3.05) is 0 Å². The van der Waals surface area contributed by atoms with Crippen LogP contribution in [0.1, 0.15) is 52.7 Å². The van der Waals surface area contributed by atoms with Crippen LogP contribution in [0, 0.1) is 11.8 Å². The Kier molecular flexibility index (Phi) is 11.9. The van der Waals surface area contributed by atoms with Gasteiger partial charge in [-0.2, -0.15) is 0 Å². The molecule has 4 unspecified atom stereocenters. The van der Waals surface area contributed by atoms with E-state index in [1.54, 1.807) is 13.8 Å². The summed E-state index contributed by atoms with van der Waals surface area (Å²) < 4.78 is 0. The standard InChI is InChI=1S/C22H36N6O7/c1-11(2)7-15(26-19(31)14(23)5-6-17(29)30)20(32)27-16(8-13-9-24-10-25-13)21(33)28-18(12(3)4)22(34)35/h9-12,14-16,18H,5-8,23H2,1-4H3,(H,24,25)(H,26,31)(H,27,32)(H,28,33)(H,29,30)(H,34,35). The zero-order valence-electron chi connectivity index (χ0n) is 20.4. The van der Waals surface area contributed by atoms with E-state index in [2.05, 4.69) is 25.9 Å². The van der Waals surface area contributed by atoms with E-state index in [1.165, 1.54) is 12.5 Å². The summed E-state index contributed by atoms with van der Waals surface area (Å²) >= 11 is 0. The summed E-state index contributed by atoms with van der Waals surface area (Å²) in [5.74, 6) is -4.78. The van der Waals surface area contributed by atoms with Crippen LogP contribution >= 0.6 is 0 Å². The number of carbonyl (C=O) groups excluding carboxylic acids is 3. The summed E-state index contributed by atoms with van der Waals surface area (Å²) in [6, 6.07) is -4.49. The first kappa shape index (κ1) is 29.6. The molecular weight excluding hydrogens is 460 g/mol. The Morgan fingerprint density at radius 1 is 0.971 bits per heavy atom. The topological polar surface area (TPSA) is 217 Å². The number of carboxylic acids is 2. The third kappa shape index (κ3) is 10.5. The van der Waals surface area contributed by atoms with E-state index in [1.807, 2.05) is 13.8 Å². The Balaban J connectivity index is 3.04. The highest BCUT2D eigenvalue weighted by Gasteiger charge is 2.32. The molecule has 0 fully saturated rings. The zero-order chi connectivity index (χ0) is 26.7. The molecule has 35 heavy (non-hydrogen) atoms. The van der Waals surface area contributed by atoms with E-state index in [4.69, 9.17) is 10.8 Å². The molecule has 0 aromatic carbocycles. The zero-order valence-corrected chi connectivity index (χ0v) is 20.4. The number of nitrogens with one attached hydrogen (secondary N) is 4. The lowest BCUT2D eigenvalue weighted by Gasteiger charge is -2.26. The number of hydrogen-bond acceptors (Lipinski definition) is 7. The van der Waals surface area contributed by atoms with E-state index in [-0.39, 0.29) is 31.6 Å². The van der Waals surface area contributed by atoms with Gasteiger partial charge in [-0.1, -0.05) is 27.7 Å². The maximum atomic E-state index is 13.1. The van der Waals surface area contributed by atoms with Gasteiger partial charge < -0.3 is 36.9 Å². The molecule has 0 saturated carbocycles. The quantitative estimate of drug-likeness (QED) is 0.164. The first-order valence-corrected chi connectivity index (χ1v) is 11.4. The smallest absolute Gasteiger partial charge is 0.326 e. The van der Waals surface area contributed by atoms with Crippen LogP contribution < -0.4 is 21.7 Å². The second-order valence-electron chi connectivity index (χ2n) is 9.14. The highest BCUT2D eigenvalue weighted by atomic mass is 16.4. The number of nitrogens with zero attached hydrogens (tertiary/aromatic N) is 1. The van der Waals surface area contributed by atoms with Crippen molar-refractivity contribution in [2.45, 2.75) is 77.5 Å². The van der Waals surface area contributed by atoms with E-state index < -0.39 is 59.7 Å². The third-order valence-electron chi connectivity index (χ3n) is 5.19. The largest absolute Gasteiger partial charge is 0.481 e. The average molecular weight is 497 g/mol. The molecular formula is C22H36N6O7. The van der Waals surface area contributed by atoms with E-state index in [9.17, 15) is 29.1 Å². The highest BCUT2D eigenvalue weighted by Crippen LogP contribution is 2.09. The van der Waals surface area contributed by atoms with Gasteiger partial charge in [0.25, 0.3) is 0 Å². The second kappa shape index (κ2) is 14.0. The molecule has 0 aliphatic heterocycles. The predicted molar refractivity (Wildman–Crippen MR) is 125 cm³/mol. The summed E-state index contributed by atoms with van der Waals surface area (Å²) in [6.45, 7) is 6.96. The van der Waals surface area contributed by atoms with Crippen LogP contribution in [0.25, 0.3) is 0 Å². The van der Waals surface area contributed by atoms with Crippen molar-refractivity contribution in [3.8, 4) is 0 Å². The fraction of sp³-hybridized carbons (Fsp3) is 0.636. The van der Waals surface area contributed by atoms with Gasteiger partial charge in [0.05, 0.1) is 12.4 Å². The molecule has 1 rings (SSSR count). The first-order chi connectivity index (χ1) is 16.3. The van der Waals surface area contributed by atoms with Crippen molar-refractivity contribution in [3.05, 3.63) is 18.2 Å². The lowest BCUT2D eigenvalue weighted by molar-refractivity contribution is -0.143. The number of H-pyrrole nitrogens is 1. The van der Waals surface area contributed by atoms with Gasteiger partial charge >= 0.3 is 11.9 Å². The Hall–Kier alpha value is -3.48. The maximum absolute atomic E-state index is 13.1. The summed E-state index contributed by atoms with van der Waals surface area (Å²) in [5, 5.41) is 25.8. The van der Waals surface area contributed by atoms with E-state index >= 15 is 0 Å². The highest BCUT2D eigenvalue weighted by molar-refractivity contribution is 5.94. The minimum Gasteiger partial charge on any atom is -0.481 e. The number of amides is 3. The number of nitrogens with two attached hydrogens (primary N) is 1. The Labute approximate surface area is 203 Å². The Morgan fingerprint density at radius 2 is 1.57 bits per heavy atom. The minimum absolute atomic E-state index is 0.00246. The monoisotopic (exact) mass is 496 g/mol. The van der Waals surface area contributed by atoms with E-state index in [0.29, 0.717) is 5.69 Å². The summed E-state index contributed by atoms with van der Waals surface area (Å²) in [4.78, 5) is 67.5. The van der Waals surface area contributed by atoms with Gasteiger partial charge in [-0.3, -0.25) is 19.2 Å². The number of aromatic amines is 1. The SMILES string of the molecule is CC(C)CC(NC(=O)C(N)CCC(=O)O)C(=O)NC(Cc1cnc[nH]1)C(=O)NC(C(=O)O)C(C)C. The first-order valence-electron chi connectivity index (χ1n) is 11.4. The fourth-order valence-corrected chi connectivity index (χ4v) is 3.26. The number of aromatic nitrogens is 2. The van der Waals surface area contributed by atoms with Gasteiger partial charge in [-0.25, -0.2) is 9.78 Å². The van der Waals surface area contributed by atoms with E-state index in [0.717, 1.165) is 0 Å². The molecule has 13 heteroatoms. The van der Waals surface area contributed by atoms with Crippen LogP contribution in [0.2, 0.25) is 0 Å². The van der Waals surface area contributed by atoms with Gasteiger partial charge in [0.1, 0.15) is 18.1 Å². The molecule has 0 saturated heterocycles. The van der Waals surface area contributed by atoms with Crippen LogP contribution in [0.5, 0.6) is 0 Å². The van der Waals surface area contributed by atoms with Crippen molar-refractivity contribution in [3.63, 3.8) is 0 Å². The molecule has 0 aliphatic rings. The van der Waals surface area contributed by atoms with Crippen molar-refractivity contribution in [2.24, 2.45) is 17.6 Å². The number of carboxylic acid groups (broad SMARTS) is 2. The summed E-state index contributed by atoms with van der Waals surface area (Å²) in [7, 11) is 0. The van der Waals surface area contributed by atoms with Gasteiger partial charge in [-0.05, 0) is 24.7 Å². The van der Waals surface area contributed by atoms with Crippen LogP contribution in [0.15, 0.2) is 12.5 Å². The minimum atomic E-state index is -1.21. The van der Waals surface area contributed by atoms with Crippen molar-refractivity contribution in [1.29, 1.82) is 0 Å². The molecule has 1 aromatic rings. The Bertz CT molecular complexity index is 872. The van der Waals surface area contributed by atoms with Gasteiger partial charge in [0.2, 0.25) is 17.7 Å². The van der Waals surface area contributed by atoms with Gasteiger partial charge in [-0.15, -0.1) is 0 Å². The number of aliphatic carboxylic acids is 2. The third-order valence-corrected chi connectivity index (χ3v) is 5.19. The summed E-state index contributed by atoms with van der Waals surface area (Å²) in [6.07, 6.45) is 2.70. The van der Waals surface area contributed by atoms with Crippen molar-refractivity contribution < 1.29 is 34.2 Å².